The van der Waals surface area contributed by atoms with Crippen molar-refractivity contribution in [3.05, 3.63) is 46.3 Å². The summed E-state index contributed by atoms with van der Waals surface area (Å²) in [6.45, 7) is 2.31. The molecule has 4 atom stereocenters. The van der Waals surface area contributed by atoms with E-state index in [-0.39, 0.29) is 29.5 Å². The molecule has 38 heavy (non-hydrogen) atoms. The number of hydrogen-bond acceptors (Lipinski definition) is 6. The molecule has 1 aromatic carbocycles. The third-order valence-electron chi connectivity index (χ3n) is 8.79. The van der Waals surface area contributed by atoms with Gasteiger partial charge in [0.05, 0.1) is 24.5 Å². The molecule has 2 N–H and O–H groups in total. The number of allylic oxidation sites excluding steroid dienone is 1. The molecular weight excluding hydrogens is 488 g/mol. The van der Waals surface area contributed by atoms with E-state index in [9.17, 15) is 24.1 Å². The van der Waals surface area contributed by atoms with Crippen molar-refractivity contribution in [2.24, 2.45) is 17.8 Å². The Bertz CT molecular complexity index is 1150. The van der Waals surface area contributed by atoms with Crippen LogP contribution in [0.15, 0.2) is 34.9 Å². The van der Waals surface area contributed by atoms with E-state index in [2.05, 4.69) is 0 Å². The van der Waals surface area contributed by atoms with Crippen LogP contribution in [0.1, 0.15) is 63.9 Å². The van der Waals surface area contributed by atoms with Crippen LogP contribution in [0.4, 0.5) is 4.39 Å². The van der Waals surface area contributed by atoms with E-state index in [0.29, 0.717) is 37.8 Å². The first-order valence-electron chi connectivity index (χ1n) is 13.8. The van der Waals surface area contributed by atoms with E-state index >= 15 is 0 Å². The zero-order chi connectivity index (χ0) is 27.0. The topological polar surface area (TPSA) is 96.3 Å². The van der Waals surface area contributed by atoms with E-state index in [0.717, 1.165) is 48.8 Å². The predicted molar refractivity (Wildman–Crippen MR) is 141 cm³/mol. The largest absolute Gasteiger partial charge is 0.505 e. The summed E-state index contributed by atoms with van der Waals surface area (Å²) in [5.74, 6) is -2.31. The van der Waals surface area contributed by atoms with Gasteiger partial charge in [0, 0.05) is 13.2 Å². The van der Waals surface area contributed by atoms with Crippen molar-refractivity contribution >= 4 is 25.0 Å². The number of methoxy groups -OCH3 is 1. The number of aromatic hydroxyl groups is 1. The summed E-state index contributed by atoms with van der Waals surface area (Å²) >= 11 is 0. The molecule has 0 aromatic heterocycles. The molecule has 2 aliphatic heterocycles. The normalized spacial score (nSPS) is 28.7. The Morgan fingerprint density at radius 3 is 2.68 bits per heavy atom. The summed E-state index contributed by atoms with van der Waals surface area (Å²) in [6.07, 6.45) is 8.41. The molecule has 3 fully saturated rings. The second kappa shape index (κ2) is 11.3. The minimum atomic E-state index is -1.02. The molecule has 4 aliphatic rings. The Kier molecular flexibility index (Phi) is 8.07. The monoisotopic (exact) mass is 525 g/mol. The fraction of sp³-hybridized carbons (Fsp3) is 0.586. The maximum atomic E-state index is 13.8. The number of carbonyl (C=O) groups is 2. The van der Waals surface area contributed by atoms with Crippen LogP contribution >= 0.6 is 0 Å². The second-order valence-corrected chi connectivity index (χ2v) is 11.3. The van der Waals surface area contributed by atoms with Gasteiger partial charge in [-0.1, -0.05) is 37.0 Å². The van der Waals surface area contributed by atoms with Crippen LogP contribution in [0.3, 0.4) is 0 Å². The summed E-state index contributed by atoms with van der Waals surface area (Å²) in [5, 5.41) is 20.2. The lowest BCUT2D eigenvalue weighted by Crippen LogP contribution is -2.47. The molecule has 0 bridgehead atoms. The van der Waals surface area contributed by atoms with Crippen molar-refractivity contribution in [1.29, 1.82) is 0 Å². The molecule has 2 saturated heterocycles. The molecule has 2 heterocycles. The van der Waals surface area contributed by atoms with Gasteiger partial charge in [0.2, 0.25) is 11.8 Å². The minimum Gasteiger partial charge on any atom is -0.505 e. The van der Waals surface area contributed by atoms with Crippen LogP contribution in [-0.2, 0) is 19.0 Å². The number of fused-ring (bicyclic) bond motifs is 3. The maximum absolute atomic E-state index is 13.8. The van der Waals surface area contributed by atoms with E-state index in [1.165, 1.54) is 12.1 Å². The summed E-state index contributed by atoms with van der Waals surface area (Å²) in [5.41, 5.74) is 3.66. The average Bonchev–Trinajstić information content (AvgIpc) is 3.14. The van der Waals surface area contributed by atoms with Gasteiger partial charge in [-0.3, -0.25) is 14.5 Å². The number of carbonyl (C=O) groups excluding carboxylic acids is 2. The SMILES string of the molecule is COCC1=C2[C@@H](CC/C(C)=C/c3ccc(O)c(F)c3)OB(O)C[C@@H]2[C@@H]2C(=O)N(C3CCCCC3)C(=O)[C@@H]2C1. The van der Waals surface area contributed by atoms with Gasteiger partial charge in [-0.2, -0.15) is 0 Å². The quantitative estimate of drug-likeness (QED) is 0.310. The number of phenols is 1. The lowest BCUT2D eigenvalue weighted by molar-refractivity contribution is -0.143. The molecule has 0 radical (unpaired) electrons. The number of amides is 2. The van der Waals surface area contributed by atoms with Crippen LogP contribution in [0.2, 0.25) is 6.32 Å². The van der Waals surface area contributed by atoms with Crippen LogP contribution in [0, 0.1) is 23.6 Å². The first-order chi connectivity index (χ1) is 18.3. The van der Waals surface area contributed by atoms with Gasteiger partial charge < -0.3 is 19.5 Å². The van der Waals surface area contributed by atoms with Crippen molar-refractivity contribution in [3.8, 4) is 5.75 Å². The first kappa shape index (κ1) is 27.1. The Morgan fingerprint density at radius 1 is 1.21 bits per heavy atom. The lowest BCUT2D eigenvalue weighted by atomic mass is 9.58. The van der Waals surface area contributed by atoms with Crippen molar-refractivity contribution in [3.63, 3.8) is 0 Å². The zero-order valence-electron chi connectivity index (χ0n) is 22.2. The van der Waals surface area contributed by atoms with Gasteiger partial charge in [0.25, 0.3) is 0 Å². The highest BCUT2D eigenvalue weighted by atomic mass is 19.1. The fourth-order valence-electron chi connectivity index (χ4n) is 7.12. The number of benzene rings is 1. The average molecular weight is 525 g/mol. The number of imide groups is 1. The Labute approximate surface area is 223 Å². The number of nitrogens with zero attached hydrogens (tertiary/aromatic N) is 1. The number of halogens is 1. The maximum Gasteiger partial charge on any atom is 0.455 e. The van der Waals surface area contributed by atoms with Gasteiger partial charge in [-0.15, -0.1) is 0 Å². The van der Waals surface area contributed by atoms with Crippen molar-refractivity contribution in [2.75, 3.05) is 13.7 Å². The molecular formula is C29H37BFNO6. The molecule has 0 spiro atoms. The van der Waals surface area contributed by atoms with Gasteiger partial charge in [0.1, 0.15) is 0 Å². The van der Waals surface area contributed by atoms with E-state index < -0.39 is 30.9 Å². The summed E-state index contributed by atoms with van der Waals surface area (Å²) in [6, 6.07) is 4.26. The molecule has 1 saturated carbocycles. The number of hydrogen-bond donors (Lipinski definition) is 2. The van der Waals surface area contributed by atoms with Crippen molar-refractivity contribution < 1.29 is 33.5 Å². The fourth-order valence-corrected chi connectivity index (χ4v) is 7.12. The number of ether oxygens (including phenoxy) is 1. The molecule has 2 aliphatic carbocycles. The Morgan fingerprint density at radius 2 is 1.97 bits per heavy atom. The smallest absolute Gasteiger partial charge is 0.455 e. The van der Waals surface area contributed by atoms with E-state index in [1.807, 2.05) is 13.0 Å². The first-order valence-corrected chi connectivity index (χ1v) is 13.8. The minimum absolute atomic E-state index is 0.0123. The predicted octanol–water partition coefficient (Wildman–Crippen LogP) is 4.49. The lowest BCUT2D eigenvalue weighted by Gasteiger charge is -2.43. The highest BCUT2D eigenvalue weighted by Crippen LogP contribution is 2.51. The molecule has 7 nitrogen and oxygen atoms in total. The molecule has 5 rings (SSSR count). The van der Waals surface area contributed by atoms with E-state index in [4.69, 9.17) is 9.39 Å². The highest BCUT2D eigenvalue weighted by molar-refractivity contribution is 6.43. The standard InChI is InChI=1S/C29H37BFNO6/c1-17(12-18-9-10-24(33)23(31)13-18)8-11-25-26-19(16-37-2)14-21-27(22(26)15-30(36)38-25)29(35)32(28(21)34)20-6-4-3-5-7-20/h9-10,12-13,20-22,25,27,33,36H,3-8,11,14-16H2,1-2H3/b17-12+/t21-,22+,25-,27-/m1/s1. The van der Waals surface area contributed by atoms with Crippen LogP contribution in [-0.4, -0.2) is 59.8 Å². The molecule has 1 aromatic rings. The zero-order valence-corrected chi connectivity index (χ0v) is 22.2. The van der Waals surface area contributed by atoms with Crippen LogP contribution in [0.5, 0.6) is 5.75 Å². The van der Waals surface area contributed by atoms with Crippen LogP contribution < -0.4 is 0 Å². The molecule has 204 valence electrons. The van der Waals surface area contributed by atoms with Crippen molar-refractivity contribution in [1.82, 2.24) is 4.90 Å². The molecule has 9 heteroatoms. The summed E-state index contributed by atoms with van der Waals surface area (Å²) < 4.78 is 25.3. The third kappa shape index (κ3) is 5.20. The van der Waals surface area contributed by atoms with Gasteiger partial charge in [0.15, 0.2) is 11.6 Å². The third-order valence-corrected chi connectivity index (χ3v) is 8.79. The number of likely N-dealkylation sites (tertiary alicyclic amines) is 1. The Balaban J connectivity index is 1.39. The summed E-state index contributed by atoms with van der Waals surface area (Å²) in [4.78, 5) is 28.9. The number of rotatable bonds is 7. The molecule has 2 amide bonds. The van der Waals surface area contributed by atoms with Gasteiger partial charge in [-0.05, 0) is 80.1 Å². The molecule has 0 unspecified atom stereocenters. The highest BCUT2D eigenvalue weighted by Gasteiger charge is 2.58. The van der Waals surface area contributed by atoms with Crippen LogP contribution in [0.25, 0.3) is 6.08 Å². The number of phenolic OH excluding ortho intramolecular Hbond substituents is 1. The van der Waals surface area contributed by atoms with Gasteiger partial charge in [-0.25, -0.2) is 4.39 Å². The Hall–Kier alpha value is -2.49. The second-order valence-electron chi connectivity index (χ2n) is 11.3. The summed E-state index contributed by atoms with van der Waals surface area (Å²) in [7, 11) is 0.611. The van der Waals surface area contributed by atoms with Crippen molar-refractivity contribution in [2.45, 2.75) is 76.8 Å². The van der Waals surface area contributed by atoms with E-state index in [1.54, 1.807) is 18.1 Å². The van der Waals surface area contributed by atoms with Gasteiger partial charge >= 0.3 is 7.12 Å².